The maximum atomic E-state index is 12.0. The third kappa shape index (κ3) is 3.97. The molecule has 1 aliphatic carbocycles. The molecule has 0 amide bonds. The molecule has 3 rings (SSSR count). The predicted molar refractivity (Wildman–Crippen MR) is 86.6 cm³/mol. The number of non-ortho nitro benzene ring substituents is 1. The van der Waals surface area contributed by atoms with Crippen molar-refractivity contribution in [1.29, 1.82) is 0 Å². The van der Waals surface area contributed by atoms with Crippen LogP contribution in [0.25, 0.3) is 0 Å². The number of carbonyl (C=O) groups excluding carboxylic acids is 1. The predicted octanol–water partition coefficient (Wildman–Crippen LogP) is 3.50. The van der Waals surface area contributed by atoms with Gasteiger partial charge in [-0.25, -0.2) is 4.79 Å². The van der Waals surface area contributed by atoms with E-state index >= 15 is 0 Å². The largest absolute Gasteiger partial charge is 0.459 e. The molecule has 0 N–H and O–H groups in total. The average Bonchev–Trinajstić information content (AvgIpc) is 2.57. The van der Waals surface area contributed by atoms with Crippen molar-refractivity contribution in [3.05, 3.63) is 75.8 Å². The van der Waals surface area contributed by atoms with Gasteiger partial charge in [0.25, 0.3) is 5.69 Å². The molecule has 0 aliphatic heterocycles. The van der Waals surface area contributed by atoms with E-state index in [1.165, 1.54) is 24.3 Å². The van der Waals surface area contributed by atoms with E-state index in [0.29, 0.717) is 25.0 Å². The summed E-state index contributed by atoms with van der Waals surface area (Å²) in [6, 6.07) is 15.3. The Hall–Kier alpha value is -2.73. The Balaban J connectivity index is 1.42. The second-order valence-corrected chi connectivity index (χ2v) is 5.72. The van der Waals surface area contributed by atoms with Gasteiger partial charge >= 0.3 is 5.97 Å². The van der Waals surface area contributed by atoms with Gasteiger partial charge in [-0.05, 0) is 17.7 Å². The zero-order valence-corrected chi connectivity index (χ0v) is 13.0. The van der Waals surface area contributed by atoms with Crippen LogP contribution < -0.4 is 0 Å². The quantitative estimate of drug-likeness (QED) is 0.461. The third-order valence-corrected chi connectivity index (χ3v) is 3.97. The van der Waals surface area contributed by atoms with Crippen LogP contribution in [0.15, 0.2) is 54.6 Å². The minimum absolute atomic E-state index is 0.0513. The molecule has 0 unspecified atom stereocenters. The highest BCUT2D eigenvalue weighted by Crippen LogP contribution is 2.28. The first-order chi connectivity index (χ1) is 11.6. The van der Waals surface area contributed by atoms with Gasteiger partial charge in [-0.3, -0.25) is 10.1 Å². The topological polar surface area (TPSA) is 78.7 Å². The molecule has 0 atom stereocenters. The standard InChI is InChI=1S/C18H17NO5/c20-18(14-6-8-15(9-7-14)19(21)22)24-17-10-16(11-17)23-12-13-4-2-1-3-5-13/h1-9,16-17H,10-12H2/t16-,17+. The van der Waals surface area contributed by atoms with Crippen molar-refractivity contribution >= 4 is 11.7 Å². The highest BCUT2D eigenvalue weighted by molar-refractivity contribution is 5.89. The number of carbonyl (C=O) groups is 1. The molecule has 0 saturated heterocycles. The molecule has 24 heavy (non-hydrogen) atoms. The monoisotopic (exact) mass is 327 g/mol. The highest BCUT2D eigenvalue weighted by atomic mass is 16.6. The third-order valence-electron chi connectivity index (χ3n) is 3.97. The van der Waals surface area contributed by atoms with Crippen LogP contribution in [0.1, 0.15) is 28.8 Å². The van der Waals surface area contributed by atoms with Crippen molar-refractivity contribution in [2.75, 3.05) is 0 Å². The second kappa shape index (κ2) is 7.23. The molecule has 0 heterocycles. The van der Waals surface area contributed by atoms with Crippen LogP contribution in [0.3, 0.4) is 0 Å². The van der Waals surface area contributed by atoms with Crippen LogP contribution in [0.4, 0.5) is 5.69 Å². The summed E-state index contributed by atoms with van der Waals surface area (Å²) in [4.78, 5) is 22.1. The van der Waals surface area contributed by atoms with Gasteiger partial charge in [-0.15, -0.1) is 0 Å². The summed E-state index contributed by atoms with van der Waals surface area (Å²) < 4.78 is 11.1. The Morgan fingerprint density at radius 3 is 2.33 bits per heavy atom. The van der Waals surface area contributed by atoms with Crippen molar-refractivity contribution < 1.29 is 19.2 Å². The molecule has 6 heteroatoms. The van der Waals surface area contributed by atoms with Crippen molar-refractivity contribution in [3.8, 4) is 0 Å². The fraction of sp³-hybridized carbons (Fsp3) is 0.278. The fourth-order valence-electron chi connectivity index (χ4n) is 2.48. The van der Waals surface area contributed by atoms with E-state index in [9.17, 15) is 14.9 Å². The summed E-state index contributed by atoms with van der Waals surface area (Å²) >= 11 is 0. The van der Waals surface area contributed by atoms with Gasteiger partial charge in [-0.1, -0.05) is 30.3 Å². The van der Waals surface area contributed by atoms with Gasteiger partial charge in [0, 0.05) is 25.0 Å². The summed E-state index contributed by atoms with van der Waals surface area (Å²) in [5, 5.41) is 10.6. The highest BCUT2D eigenvalue weighted by Gasteiger charge is 2.33. The average molecular weight is 327 g/mol. The van der Waals surface area contributed by atoms with E-state index in [0.717, 1.165) is 5.56 Å². The van der Waals surface area contributed by atoms with Gasteiger partial charge in [0.15, 0.2) is 0 Å². The molecule has 124 valence electrons. The maximum Gasteiger partial charge on any atom is 0.338 e. The van der Waals surface area contributed by atoms with E-state index in [1.54, 1.807) is 0 Å². The smallest absolute Gasteiger partial charge is 0.338 e. The van der Waals surface area contributed by atoms with E-state index in [-0.39, 0.29) is 17.9 Å². The van der Waals surface area contributed by atoms with E-state index in [2.05, 4.69) is 0 Å². The second-order valence-electron chi connectivity index (χ2n) is 5.72. The number of nitro groups is 1. The number of nitrogens with zero attached hydrogens (tertiary/aromatic N) is 1. The zero-order valence-electron chi connectivity index (χ0n) is 13.0. The molecule has 0 radical (unpaired) electrons. The van der Waals surface area contributed by atoms with Crippen molar-refractivity contribution in [2.45, 2.75) is 31.7 Å². The molecular formula is C18H17NO5. The van der Waals surface area contributed by atoms with E-state index in [4.69, 9.17) is 9.47 Å². The maximum absolute atomic E-state index is 12.0. The van der Waals surface area contributed by atoms with E-state index in [1.807, 2.05) is 30.3 Å². The van der Waals surface area contributed by atoms with Crippen molar-refractivity contribution in [1.82, 2.24) is 0 Å². The van der Waals surface area contributed by atoms with Crippen LogP contribution in [0, 0.1) is 10.1 Å². The Morgan fingerprint density at radius 2 is 1.71 bits per heavy atom. The van der Waals surface area contributed by atoms with Gasteiger partial charge in [-0.2, -0.15) is 0 Å². The lowest BCUT2D eigenvalue weighted by Gasteiger charge is -2.34. The summed E-state index contributed by atoms with van der Waals surface area (Å²) in [5.74, 6) is -0.462. The number of hydrogen-bond acceptors (Lipinski definition) is 5. The molecule has 0 bridgehead atoms. The Labute approximate surface area is 139 Å². The van der Waals surface area contributed by atoms with Gasteiger partial charge in [0.05, 0.1) is 23.2 Å². The minimum Gasteiger partial charge on any atom is -0.459 e. The van der Waals surface area contributed by atoms with Crippen molar-refractivity contribution in [3.63, 3.8) is 0 Å². The van der Waals surface area contributed by atoms with Crippen LogP contribution in [0.5, 0.6) is 0 Å². The number of ether oxygens (including phenoxy) is 2. The Bertz CT molecular complexity index is 708. The lowest BCUT2D eigenvalue weighted by atomic mass is 9.92. The first-order valence-corrected chi connectivity index (χ1v) is 7.73. The zero-order chi connectivity index (χ0) is 16.9. The molecular weight excluding hydrogens is 310 g/mol. The molecule has 0 spiro atoms. The molecule has 6 nitrogen and oxygen atoms in total. The number of nitro benzene ring substituents is 1. The van der Waals surface area contributed by atoms with Crippen molar-refractivity contribution in [2.24, 2.45) is 0 Å². The Kier molecular flexibility index (Phi) is 4.86. The van der Waals surface area contributed by atoms with Crippen LogP contribution in [-0.4, -0.2) is 23.1 Å². The summed E-state index contributed by atoms with van der Waals surface area (Å²) in [5.41, 5.74) is 1.38. The molecule has 0 aromatic heterocycles. The summed E-state index contributed by atoms with van der Waals surface area (Å²) in [6.45, 7) is 0.550. The normalized spacial score (nSPS) is 19.3. The molecule has 1 fully saturated rings. The summed E-state index contributed by atoms with van der Waals surface area (Å²) in [7, 11) is 0. The first-order valence-electron chi connectivity index (χ1n) is 7.73. The number of rotatable bonds is 6. The lowest BCUT2D eigenvalue weighted by molar-refractivity contribution is -0.384. The van der Waals surface area contributed by atoms with Crippen LogP contribution in [-0.2, 0) is 16.1 Å². The summed E-state index contributed by atoms with van der Waals surface area (Å²) in [6.07, 6.45) is 1.28. The first kappa shape index (κ1) is 16.1. The fourth-order valence-corrected chi connectivity index (χ4v) is 2.48. The van der Waals surface area contributed by atoms with Gasteiger partial charge < -0.3 is 9.47 Å². The molecule has 2 aromatic rings. The number of hydrogen-bond donors (Lipinski definition) is 0. The van der Waals surface area contributed by atoms with Gasteiger partial charge in [0.2, 0.25) is 0 Å². The molecule has 1 aliphatic rings. The lowest BCUT2D eigenvalue weighted by Crippen LogP contribution is -2.38. The Morgan fingerprint density at radius 1 is 1.04 bits per heavy atom. The number of benzene rings is 2. The van der Waals surface area contributed by atoms with Gasteiger partial charge in [0.1, 0.15) is 6.10 Å². The van der Waals surface area contributed by atoms with Crippen LogP contribution >= 0.6 is 0 Å². The van der Waals surface area contributed by atoms with Crippen LogP contribution in [0.2, 0.25) is 0 Å². The SMILES string of the molecule is O=C(O[C@H]1C[C@@H](OCc2ccccc2)C1)c1ccc([N+](=O)[O-])cc1. The molecule has 1 saturated carbocycles. The van der Waals surface area contributed by atoms with E-state index < -0.39 is 10.9 Å². The number of esters is 1. The molecule has 2 aromatic carbocycles. The minimum atomic E-state index is -0.504.